The van der Waals surface area contributed by atoms with Gasteiger partial charge in [0.15, 0.2) is 0 Å². The molecule has 4 rings (SSSR count). The number of aromatic amines is 1. The lowest BCUT2D eigenvalue weighted by Crippen LogP contribution is -2.26. The van der Waals surface area contributed by atoms with Crippen molar-refractivity contribution in [1.29, 1.82) is 0 Å². The predicted octanol–water partition coefficient (Wildman–Crippen LogP) is 5.09. The highest BCUT2D eigenvalue weighted by atomic mass is 32.2. The number of rotatable bonds is 3. The van der Waals surface area contributed by atoms with Crippen molar-refractivity contribution in [3.05, 3.63) is 59.7 Å². The second-order valence-electron chi connectivity index (χ2n) is 6.29. The third-order valence-corrected chi connectivity index (χ3v) is 6.03. The summed E-state index contributed by atoms with van der Waals surface area (Å²) in [7, 11) is 0. The summed E-state index contributed by atoms with van der Waals surface area (Å²) in [6, 6.07) is 17.5. The first kappa shape index (κ1) is 14.9. The fraction of sp³-hybridized carbons (Fsp3) is 0.300. The summed E-state index contributed by atoms with van der Waals surface area (Å²) in [6.07, 6.45) is 2.48. The zero-order valence-electron chi connectivity index (χ0n) is 13.4. The van der Waals surface area contributed by atoms with E-state index in [9.17, 15) is 0 Å². The van der Waals surface area contributed by atoms with Crippen LogP contribution in [0.4, 0.5) is 0 Å². The molecular formula is C20H22N2S. The Morgan fingerprint density at radius 1 is 0.957 bits per heavy atom. The van der Waals surface area contributed by atoms with Gasteiger partial charge in [-0.2, -0.15) is 0 Å². The van der Waals surface area contributed by atoms with Crippen LogP contribution in [-0.4, -0.2) is 18.1 Å². The van der Waals surface area contributed by atoms with Crippen LogP contribution in [0.3, 0.4) is 0 Å². The Hall–Kier alpha value is -1.71. The molecule has 2 N–H and O–H groups in total. The summed E-state index contributed by atoms with van der Waals surface area (Å²) in [5, 5.41) is 6.07. The van der Waals surface area contributed by atoms with Crippen LogP contribution >= 0.6 is 11.8 Å². The molecule has 1 saturated heterocycles. The van der Waals surface area contributed by atoms with Gasteiger partial charge in [-0.3, -0.25) is 0 Å². The van der Waals surface area contributed by atoms with Gasteiger partial charge in [0.25, 0.3) is 0 Å². The molecule has 0 saturated carbocycles. The lowest BCUT2D eigenvalue weighted by molar-refractivity contribution is 0.456. The standard InChI is InChI=1S/C20H22N2S/c1-14-16-6-2-4-8-18(16)22-20(14)23-19-9-5-3-7-17(19)15-10-12-21-13-11-15/h2-9,15,21-22H,10-13H2,1H3. The molecule has 2 nitrogen and oxygen atoms in total. The van der Waals surface area contributed by atoms with Gasteiger partial charge in [-0.1, -0.05) is 48.2 Å². The number of para-hydroxylation sites is 1. The van der Waals surface area contributed by atoms with Crippen molar-refractivity contribution in [3.8, 4) is 0 Å². The van der Waals surface area contributed by atoms with Crippen molar-refractivity contribution < 1.29 is 0 Å². The third kappa shape index (κ3) is 2.91. The Balaban J connectivity index is 1.69. The molecule has 23 heavy (non-hydrogen) atoms. The van der Waals surface area contributed by atoms with Crippen molar-refractivity contribution in [1.82, 2.24) is 10.3 Å². The van der Waals surface area contributed by atoms with E-state index in [2.05, 4.69) is 65.8 Å². The number of hydrogen-bond acceptors (Lipinski definition) is 2. The SMILES string of the molecule is Cc1c(Sc2ccccc2C2CCNCC2)[nH]c2ccccc12. The second kappa shape index (κ2) is 6.42. The molecule has 3 aromatic rings. The maximum atomic E-state index is 3.59. The molecule has 0 amide bonds. The van der Waals surface area contributed by atoms with Gasteiger partial charge < -0.3 is 10.3 Å². The number of fused-ring (bicyclic) bond motifs is 1. The lowest BCUT2D eigenvalue weighted by Gasteiger charge is -2.24. The van der Waals surface area contributed by atoms with Crippen LogP contribution in [0.2, 0.25) is 0 Å². The maximum absolute atomic E-state index is 3.59. The largest absolute Gasteiger partial charge is 0.349 e. The number of aryl methyl sites for hydroxylation is 1. The van der Waals surface area contributed by atoms with Crippen molar-refractivity contribution in [2.75, 3.05) is 13.1 Å². The topological polar surface area (TPSA) is 27.8 Å². The van der Waals surface area contributed by atoms with Gasteiger partial charge in [0.1, 0.15) is 0 Å². The molecule has 2 heterocycles. The number of benzene rings is 2. The van der Waals surface area contributed by atoms with Crippen molar-refractivity contribution in [2.24, 2.45) is 0 Å². The van der Waals surface area contributed by atoms with E-state index in [4.69, 9.17) is 0 Å². The Bertz CT molecular complexity index is 815. The van der Waals surface area contributed by atoms with Gasteiger partial charge in [-0.25, -0.2) is 0 Å². The first-order chi connectivity index (χ1) is 11.3. The summed E-state index contributed by atoms with van der Waals surface area (Å²) in [5.41, 5.74) is 4.09. The van der Waals surface area contributed by atoms with E-state index in [0.717, 1.165) is 13.1 Å². The highest BCUT2D eigenvalue weighted by molar-refractivity contribution is 7.99. The van der Waals surface area contributed by atoms with Crippen molar-refractivity contribution >= 4 is 22.7 Å². The number of H-pyrrole nitrogens is 1. The van der Waals surface area contributed by atoms with Crippen molar-refractivity contribution in [3.63, 3.8) is 0 Å². The van der Waals surface area contributed by atoms with Gasteiger partial charge >= 0.3 is 0 Å². The van der Waals surface area contributed by atoms with Gasteiger partial charge in [-0.15, -0.1) is 0 Å². The van der Waals surface area contributed by atoms with E-state index in [1.54, 1.807) is 0 Å². The monoisotopic (exact) mass is 322 g/mol. The molecule has 2 aromatic carbocycles. The van der Waals surface area contributed by atoms with Crippen LogP contribution in [0, 0.1) is 6.92 Å². The second-order valence-corrected chi connectivity index (χ2v) is 7.34. The molecule has 0 radical (unpaired) electrons. The molecule has 0 aliphatic carbocycles. The smallest absolute Gasteiger partial charge is 0.0810 e. The lowest BCUT2D eigenvalue weighted by atomic mass is 9.90. The molecule has 0 atom stereocenters. The average Bonchev–Trinajstić information content (AvgIpc) is 2.92. The van der Waals surface area contributed by atoms with Crippen LogP contribution in [0.5, 0.6) is 0 Å². The van der Waals surface area contributed by atoms with Crippen LogP contribution in [0.25, 0.3) is 10.9 Å². The minimum absolute atomic E-state index is 0.685. The minimum Gasteiger partial charge on any atom is -0.349 e. The summed E-state index contributed by atoms with van der Waals surface area (Å²) < 4.78 is 0. The van der Waals surface area contributed by atoms with Crippen LogP contribution in [-0.2, 0) is 0 Å². The van der Waals surface area contributed by atoms with E-state index in [0.29, 0.717) is 5.92 Å². The van der Waals surface area contributed by atoms with E-state index >= 15 is 0 Å². The highest BCUT2D eigenvalue weighted by Gasteiger charge is 2.19. The van der Waals surface area contributed by atoms with E-state index in [1.807, 2.05) is 11.8 Å². The number of hydrogen-bond donors (Lipinski definition) is 2. The van der Waals surface area contributed by atoms with E-state index in [-0.39, 0.29) is 0 Å². The quantitative estimate of drug-likeness (QED) is 0.702. The average molecular weight is 322 g/mol. The summed E-state index contributed by atoms with van der Waals surface area (Å²) in [4.78, 5) is 4.99. The van der Waals surface area contributed by atoms with Crippen LogP contribution in [0.15, 0.2) is 58.5 Å². The zero-order valence-corrected chi connectivity index (χ0v) is 14.2. The highest BCUT2D eigenvalue weighted by Crippen LogP contribution is 2.39. The fourth-order valence-corrected chi connectivity index (χ4v) is 4.66. The molecule has 1 aromatic heterocycles. The molecular weight excluding hydrogens is 300 g/mol. The Labute approximate surface area is 141 Å². The molecule has 1 aliphatic rings. The van der Waals surface area contributed by atoms with Crippen LogP contribution < -0.4 is 5.32 Å². The molecule has 1 aliphatic heterocycles. The van der Waals surface area contributed by atoms with Gasteiger partial charge in [0.05, 0.1) is 5.03 Å². The number of piperidine rings is 1. The number of nitrogens with one attached hydrogen (secondary N) is 2. The molecule has 0 spiro atoms. The van der Waals surface area contributed by atoms with Gasteiger partial charge in [0.2, 0.25) is 0 Å². The first-order valence-electron chi connectivity index (χ1n) is 8.38. The molecule has 3 heteroatoms. The predicted molar refractivity (Wildman–Crippen MR) is 98.4 cm³/mol. The Kier molecular flexibility index (Phi) is 4.15. The third-order valence-electron chi connectivity index (χ3n) is 4.83. The summed E-state index contributed by atoms with van der Waals surface area (Å²) in [5.74, 6) is 0.685. The maximum Gasteiger partial charge on any atom is 0.0810 e. The minimum atomic E-state index is 0.685. The van der Waals surface area contributed by atoms with E-state index in [1.165, 1.54) is 44.8 Å². The van der Waals surface area contributed by atoms with Crippen LogP contribution in [0.1, 0.15) is 29.9 Å². The first-order valence-corrected chi connectivity index (χ1v) is 9.19. The normalized spacial score (nSPS) is 16.0. The Morgan fingerprint density at radius 2 is 1.70 bits per heavy atom. The summed E-state index contributed by atoms with van der Waals surface area (Å²) >= 11 is 1.88. The fourth-order valence-electron chi connectivity index (χ4n) is 3.51. The molecule has 0 bridgehead atoms. The zero-order chi connectivity index (χ0) is 15.6. The van der Waals surface area contributed by atoms with E-state index < -0.39 is 0 Å². The van der Waals surface area contributed by atoms with Crippen molar-refractivity contribution in [2.45, 2.75) is 35.6 Å². The van der Waals surface area contributed by atoms with Gasteiger partial charge in [-0.05, 0) is 62.0 Å². The van der Waals surface area contributed by atoms with Gasteiger partial charge in [0, 0.05) is 15.8 Å². The summed E-state index contributed by atoms with van der Waals surface area (Å²) in [6.45, 7) is 4.48. The molecule has 0 unspecified atom stereocenters. The number of aromatic nitrogens is 1. The molecule has 1 fully saturated rings. The molecule has 118 valence electrons. The Morgan fingerprint density at radius 3 is 2.52 bits per heavy atom.